The van der Waals surface area contributed by atoms with Crippen molar-refractivity contribution < 1.29 is 4.79 Å². The number of carbonyl (C=O) groups excluding carboxylic acids is 1. The molecular formula is C18H25BrN4O. The van der Waals surface area contributed by atoms with Crippen LogP contribution in [0.3, 0.4) is 0 Å². The molecule has 3 heterocycles. The van der Waals surface area contributed by atoms with Crippen LogP contribution in [0.4, 0.5) is 5.82 Å². The van der Waals surface area contributed by atoms with E-state index in [1.54, 1.807) is 0 Å². The van der Waals surface area contributed by atoms with E-state index in [2.05, 4.69) is 36.4 Å². The number of hydrogen-bond acceptors (Lipinski definition) is 4. The zero-order valence-corrected chi connectivity index (χ0v) is 15.7. The summed E-state index contributed by atoms with van der Waals surface area (Å²) in [5, 5.41) is 6.53. The summed E-state index contributed by atoms with van der Waals surface area (Å²) >= 11 is 3.37. The Balaban J connectivity index is 1.36. The average molecular weight is 393 g/mol. The zero-order chi connectivity index (χ0) is 16.7. The van der Waals surface area contributed by atoms with E-state index in [1.165, 1.54) is 38.8 Å². The van der Waals surface area contributed by atoms with Crippen molar-refractivity contribution in [3.05, 3.63) is 22.3 Å². The lowest BCUT2D eigenvalue weighted by atomic mass is 9.97. The van der Waals surface area contributed by atoms with Crippen molar-refractivity contribution in [2.45, 2.75) is 51.1 Å². The molecule has 2 aliphatic heterocycles. The van der Waals surface area contributed by atoms with Gasteiger partial charge < -0.3 is 15.5 Å². The van der Waals surface area contributed by atoms with Crippen LogP contribution in [0.25, 0.3) is 0 Å². The van der Waals surface area contributed by atoms with E-state index in [0.29, 0.717) is 17.3 Å². The second-order valence-corrected chi connectivity index (χ2v) is 8.48. The third kappa shape index (κ3) is 3.24. The summed E-state index contributed by atoms with van der Waals surface area (Å²) in [5.41, 5.74) is 1.32. The van der Waals surface area contributed by atoms with Crippen LogP contribution in [0, 0.1) is 12.3 Å². The normalized spacial score (nSPS) is 32.4. The standard InChI is InChI=1S/C18H25BrN4O/c1-12-5-6-15(19)21-16(12)22-17(24)13-9-18(10-14(18)20-13)11-23-7-3-2-4-8-23/h5-6,13-14,20H,2-4,7-11H2,1H3,(H,21,22,24)/t13-,14?,18?/m0/s1. The second-order valence-electron chi connectivity index (χ2n) is 7.67. The Labute approximate surface area is 151 Å². The number of halogens is 1. The van der Waals surface area contributed by atoms with Crippen LogP contribution in [0.15, 0.2) is 16.7 Å². The summed E-state index contributed by atoms with van der Waals surface area (Å²) < 4.78 is 0.743. The quantitative estimate of drug-likeness (QED) is 0.773. The molecule has 1 aromatic rings. The van der Waals surface area contributed by atoms with Gasteiger partial charge in [-0.05, 0) is 73.3 Å². The maximum absolute atomic E-state index is 12.6. The monoisotopic (exact) mass is 392 g/mol. The van der Waals surface area contributed by atoms with Gasteiger partial charge in [-0.2, -0.15) is 0 Å². The molecule has 24 heavy (non-hydrogen) atoms. The maximum Gasteiger partial charge on any atom is 0.242 e. The summed E-state index contributed by atoms with van der Waals surface area (Å²) in [6, 6.07) is 4.28. The minimum Gasteiger partial charge on any atom is -0.309 e. The van der Waals surface area contributed by atoms with E-state index in [9.17, 15) is 4.79 Å². The highest BCUT2D eigenvalue weighted by Gasteiger charge is 2.61. The fourth-order valence-corrected chi connectivity index (χ4v) is 4.63. The van der Waals surface area contributed by atoms with Crippen molar-refractivity contribution in [2.24, 2.45) is 5.41 Å². The smallest absolute Gasteiger partial charge is 0.242 e. The number of nitrogens with one attached hydrogen (secondary N) is 2. The first-order valence-electron chi connectivity index (χ1n) is 8.98. The van der Waals surface area contributed by atoms with Crippen LogP contribution in [-0.4, -0.2) is 47.5 Å². The molecule has 0 radical (unpaired) electrons. The topological polar surface area (TPSA) is 57.3 Å². The van der Waals surface area contributed by atoms with Crippen LogP contribution in [0.5, 0.6) is 0 Å². The summed E-state index contributed by atoms with van der Waals surface area (Å²) in [7, 11) is 0. The summed E-state index contributed by atoms with van der Waals surface area (Å²) in [6.07, 6.45) is 6.20. The zero-order valence-electron chi connectivity index (χ0n) is 14.1. The van der Waals surface area contributed by atoms with Crippen LogP contribution in [-0.2, 0) is 4.79 Å². The van der Waals surface area contributed by atoms with Crippen molar-refractivity contribution in [2.75, 3.05) is 25.0 Å². The molecule has 0 spiro atoms. The number of aromatic nitrogens is 1. The lowest BCUT2D eigenvalue weighted by Gasteiger charge is -2.30. The molecule has 6 heteroatoms. The number of fused-ring (bicyclic) bond motifs is 1. The van der Waals surface area contributed by atoms with Crippen molar-refractivity contribution >= 4 is 27.7 Å². The van der Waals surface area contributed by atoms with Crippen LogP contribution in [0.2, 0.25) is 0 Å². The number of rotatable bonds is 4. The first-order chi connectivity index (χ1) is 11.6. The Morgan fingerprint density at radius 2 is 2.17 bits per heavy atom. The number of nitrogens with zero attached hydrogens (tertiary/aromatic N) is 2. The second kappa shape index (κ2) is 6.39. The molecule has 1 amide bonds. The molecule has 3 fully saturated rings. The number of piperidine rings is 2. The Bertz CT molecular complexity index is 646. The van der Waals surface area contributed by atoms with Gasteiger partial charge in [0.05, 0.1) is 6.04 Å². The third-order valence-corrected chi connectivity index (χ3v) is 6.25. The van der Waals surface area contributed by atoms with E-state index in [0.717, 1.165) is 23.1 Å². The number of carbonyl (C=O) groups is 1. The predicted molar refractivity (Wildman–Crippen MR) is 98.0 cm³/mol. The highest BCUT2D eigenvalue weighted by atomic mass is 79.9. The lowest BCUT2D eigenvalue weighted by molar-refractivity contribution is -0.118. The van der Waals surface area contributed by atoms with E-state index in [4.69, 9.17) is 0 Å². The average Bonchev–Trinajstić information content (AvgIpc) is 3.11. The van der Waals surface area contributed by atoms with Crippen LogP contribution < -0.4 is 10.6 Å². The molecule has 1 aliphatic carbocycles. The van der Waals surface area contributed by atoms with Crippen molar-refractivity contribution in [1.29, 1.82) is 0 Å². The molecular weight excluding hydrogens is 368 g/mol. The number of anilines is 1. The van der Waals surface area contributed by atoms with Crippen LogP contribution >= 0.6 is 15.9 Å². The van der Waals surface area contributed by atoms with E-state index in [1.807, 2.05) is 19.1 Å². The van der Waals surface area contributed by atoms with E-state index in [-0.39, 0.29) is 11.9 Å². The Morgan fingerprint density at radius 3 is 2.96 bits per heavy atom. The van der Waals surface area contributed by atoms with E-state index < -0.39 is 0 Å². The Hall–Kier alpha value is -0.980. The van der Waals surface area contributed by atoms with Gasteiger partial charge in [0.15, 0.2) is 0 Å². The fourth-order valence-electron chi connectivity index (χ4n) is 4.32. The van der Waals surface area contributed by atoms with Gasteiger partial charge in [0, 0.05) is 18.0 Å². The largest absolute Gasteiger partial charge is 0.309 e. The van der Waals surface area contributed by atoms with Gasteiger partial charge in [0.2, 0.25) is 5.91 Å². The van der Waals surface area contributed by atoms with Crippen molar-refractivity contribution in [3.8, 4) is 0 Å². The molecule has 2 N–H and O–H groups in total. The lowest BCUT2D eigenvalue weighted by Crippen LogP contribution is -2.39. The Kier molecular flexibility index (Phi) is 4.39. The molecule has 0 aromatic carbocycles. The van der Waals surface area contributed by atoms with Gasteiger partial charge in [-0.15, -0.1) is 0 Å². The van der Waals surface area contributed by atoms with Crippen LogP contribution in [0.1, 0.15) is 37.7 Å². The maximum atomic E-state index is 12.6. The molecule has 4 rings (SSSR count). The van der Waals surface area contributed by atoms with Gasteiger partial charge in [0.1, 0.15) is 10.4 Å². The number of hydrogen-bond donors (Lipinski definition) is 2. The highest BCUT2D eigenvalue weighted by molar-refractivity contribution is 9.10. The molecule has 3 atom stereocenters. The number of aryl methyl sites for hydroxylation is 1. The molecule has 2 unspecified atom stereocenters. The molecule has 130 valence electrons. The molecule has 0 bridgehead atoms. The number of amides is 1. The molecule has 2 saturated heterocycles. The first-order valence-corrected chi connectivity index (χ1v) is 9.77. The summed E-state index contributed by atoms with van der Waals surface area (Å²) in [4.78, 5) is 19.6. The minimum atomic E-state index is -0.0891. The first kappa shape index (κ1) is 16.5. The Morgan fingerprint density at radius 1 is 1.38 bits per heavy atom. The molecule has 3 aliphatic rings. The highest BCUT2D eigenvalue weighted by Crippen LogP contribution is 2.55. The molecule has 5 nitrogen and oxygen atoms in total. The minimum absolute atomic E-state index is 0.0499. The summed E-state index contributed by atoms with van der Waals surface area (Å²) in [6.45, 7) is 5.58. The predicted octanol–water partition coefficient (Wildman–Crippen LogP) is 2.70. The molecule has 1 aromatic heterocycles. The summed E-state index contributed by atoms with van der Waals surface area (Å²) in [5.74, 6) is 0.704. The van der Waals surface area contributed by atoms with Gasteiger partial charge in [-0.3, -0.25) is 4.79 Å². The SMILES string of the molecule is Cc1ccc(Br)nc1NC(=O)[C@@H]1CC2(CN3CCCCC3)CC2N1. The van der Waals surface area contributed by atoms with Crippen molar-refractivity contribution in [3.63, 3.8) is 0 Å². The van der Waals surface area contributed by atoms with Gasteiger partial charge in [-0.1, -0.05) is 12.5 Å². The number of pyridine rings is 1. The van der Waals surface area contributed by atoms with E-state index >= 15 is 0 Å². The molecule has 1 saturated carbocycles. The van der Waals surface area contributed by atoms with Gasteiger partial charge in [-0.25, -0.2) is 4.98 Å². The van der Waals surface area contributed by atoms with Gasteiger partial charge in [0.25, 0.3) is 0 Å². The van der Waals surface area contributed by atoms with Gasteiger partial charge >= 0.3 is 0 Å². The number of likely N-dealkylation sites (tertiary alicyclic amines) is 1. The van der Waals surface area contributed by atoms with Crippen molar-refractivity contribution in [1.82, 2.24) is 15.2 Å². The fraction of sp³-hybridized carbons (Fsp3) is 0.667. The third-order valence-electron chi connectivity index (χ3n) is 5.81.